The van der Waals surface area contributed by atoms with E-state index in [1.165, 1.54) is 6.42 Å². The lowest BCUT2D eigenvalue weighted by molar-refractivity contribution is -0.150. The van der Waals surface area contributed by atoms with E-state index in [-0.39, 0.29) is 29.3 Å². The second-order valence-electron chi connectivity index (χ2n) is 7.91. The van der Waals surface area contributed by atoms with Crippen LogP contribution in [-0.2, 0) is 14.3 Å². The summed E-state index contributed by atoms with van der Waals surface area (Å²) in [7, 11) is 0. The second-order valence-corrected chi connectivity index (χ2v) is 8.72. The molecule has 3 rings (SSSR count). The summed E-state index contributed by atoms with van der Waals surface area (Å²) in [5, 5.41) is 4.33. The molecule has 1 saturated carbocycles. The first-order chi connectivity index (χ1) is 14.3. The van der Waals surface area contributed by atoms with Gasteiger partial charge < -0.3 is 14.8 Å². The van der Waals surface area contributed by atoms with Crippen LogP contribution < -0.4 is 10.1 Å². The Kier molecular flexibility index (Phi) is 7.42. The van der Waals surface area contributed by atoms with Gasteiger partial charge in [-0.05, 0) is 43.4 Å². The number of pyridine rings is 1. The Bertz CT molecular complexity index is 950. The number of esters is 1. The monoisotopic (exact) mass is 452 g/mol. The van der Waals surface area contributed by atoms with Gasteiger partial charge in [0.1, 0.15) is 5.52 Å². The predicted molar refractivity (Wildman–Crippen MR) is 117 cm³/mol. The van der Waals surface area contributed by atoms with Crippen molar-refractivity contribution in [3.8, 4) is 5.75 Å². The standard InChI is InChI=1S/C22H26Cl2N2O4/c1-12-5-4-6-18(14(12)3)26-19(27)10-29-20(28)11-30-22-17(24)9-16(23)15-8-7-13(2)25-21(15)22/h7-9,12,14,18H,4-6,10-11H2,1-3H3,(H,26,27)/t12-,14-,18+/m0/s1. The maximum absolute atomic E-state index is 12.2. The molecular formula is C22H26Cl2N2O4. The zero-order valence-electron chi connectivity index (χ0n) is 17.3. The van der Waals surface area contributed by atoms with Crippen LogP contribution in [0.1, 0.15) is 38.8 Å². The highest BCUT2D eigenvalue weighted by Gasteiger charge is 2.28. The van der Waals surface area contributed by atoms with Crippen molar-refractivity contribution in [2.24, 2.45) is 11.8 Å². The molecule has 1 N–H and O–H groups in total. The van der Waals surface area contributed by atoms with E-state index in [1.54, 1.807) is 6.07 Å². The minimum absolute atomic E-state index is 0.116. The summed E-state index contributed by atoms with van der Waals surface area (Å²) >= 11 is 12.5. The van der Waals surface area contributed by atoms with Gasteiger partial charge in [0.05, 0.1) is 10.0 Å². The van der Waals surface area contributed by atoms with Crippen molar-refractivity contribution in [1.82, 2.24) is 10.3 Å². The van der Waals surface area contributed by atoms with Crippen molar-refractivity contribution < 1.29 is 19.1 Å². The Morgan fingerprint density at radius 3 is 2.70 bits per heavy atom. The van der Waals surface area contributed by atoms with Crippen LogP contribution in [0.2, 0.25) is 10.0 Å². The van der Waals surface area contributed by atoms with Crippen LogP contribution in [0.15, 0.2) is 18.2 Å². The third-order valence-corrected chi connectivity index (χ3v) is 6.32. The molecule has 1 amide bonds. The lowest BCUT2D eigenvalue weighted by Gasteiger charge is -2.34. The molecule has 0 saturated heterocycles. The van der Waals surface area contributed by atoms with Crippen molar-refractivity contribution in [3.05, 3.63) is 33.9 Å². The lowest BCUT2D eigenvalue weighted by atomic mass is 9.78. The first-order valence-corrected chi connectivity index (χ1v) is 10.8. The van der Waals surface area contributed by atoms with Crippen LogP contribution in [0.4, 0.5) is 0 Å². The Labute approximate surface area is 186 Å². The van der Waals surface area contributed by atoms with Crippen LogP contribution >= 0.6 is 23.2 Å². The van der Waals surface area contributed by atoms with Crippen molar-refractivity contribution in [1.29, 1.82) is 0 Å². The normalized spacial score (nSPS) is 21.3. The number of hydrogen-bond acceptors (Lipinski definition) is 5. The average molecular weight is 453 g/mol. The third-order valence-electron chi connectivity index (χ3n) is 5.73. The number of carbonyl (C=O) groups excluding carboxylic acids is 2. The van der Waals surface area contributed by atoms with Gasteiger partial charge in [-0.2, -0.15) is 0 Å². The fourth-order valence-corrected chi connectivity index (χ4v) is 4.35. The first kappa shape index (κ1) is 22.6. The topological polar surface area (TPSA) is 77.5 Å². The smallest absolute Gasteiger partial charge is 0.344 e. The zero-order chi connectivity index (χ0) is 21.8. The van der Waals surface area contributed by atoms with Gasteiger partial charge in [-0.1, -0.05) is 49.9 Å². The lowest BCUT2D eigenvalue weighted by Crippen LogP contribution is -2.45. The maximum atomic E-state index is 12.2. The first-order valence-electron chi connectivity index (χ1n) is 10.1. The van der Waals surface area contributed by atoms with Crippen LogP contribution in [0.5, 0.6) is 5.75 Å². The van der Waals surface area contributed by atoms with Crippen molar-refractivity contribution in [2.45, 2.75) is 46.1 Å². The summed E-state index contributed by atoms with van der Waals surface area (Å²) in [5.74, 6) is 0.254. The molecule has 6 nitrogen and oxygen atoms in total. The van der Waals surface area contributed by atoms with Crippen LogP contribution in [-0.4, -0.2) is 36.1 Å². The van der Waals surface area contributed by atoms with E-state index in [1.807, 2.05) is 19.1 Å². The van der Waals surface area contributed by atoms with Crippen molar-refractivity contribution in [3.63, 3.8) is 0 Å². The number of hydrogen-bond donors (Lipinski definition) is 1. The number of ether oxygens (including phenoxy) is 2. The van der Waals surface area contributed by atoms with Crippen LogP contribution in [0.25, 0.3) is 10.9 Å². The average Bonchev–Trinajstić information content (AvgIpc) is 2.69. The van der Waals surface area contributed by atoms with Gasteiger partial charge in [-0.25, -0.2) is 9.78 Å². The third kappa shape index (κ3) is 5.35. The number of fused-ring (bicyclic) bond motifs is 1. The van der Waals surface area contributed by atoms with Gasteiger partial charge in [0.25, 0.3) is 5.91 Å². The minimum atomic E-state index is -0.665. The van der Waals surface area contributed by atoms with E-state index in [0.717, 1.165) is 18.5 Å². The second kappa shape index (κ2) is 9.84. The van der Waals surface area contributed by atoms with Gasteiger partial charge in [0, 0.05) is 17.1 Å². The fraction of sp³-hybridized carbons (Fsp3) is 0.500. The molecule has 1 aliphatic rings. The minimum Gasteiger partial charge on any atom is -0.478 e. The quantitative estimate of drug-likeness (QED) is 0.641. The Hall–Kier alpha value is -2.05. The number of carbonyl (C=O) groups is 2. The maximum Gasteiger partial charge on any atom is 0.344 e. The predicted octanol–water partition coefficient (Wildman–Crippen LogP) is 4.71. The number of aryl methyl sites for hydroxylation is 1. The molecule has 162 valence electrons. The summed E-state index contributed by atoms with van der Waals surface area (Å²) < 4.78 is 10.6. The summed E-state index contributed by atoms with van der Waals surface area (Å²) in [6, 6.07) is 5.30. The number of rotatable bonds is 6. The highest BCUT2D eigenvalue weighted by Crippen LogP contribution is 2.37. The SMILES string of the molecule is Cc1ccc2c(Cl)cc(Cl)c(OCC(=O)OCC(=O)N[C@@H]3CCC[C@H](C)[C@@H]3C)c2n1. The summed E-state index contributed by atoms with van der Waals surface area (Å²) in [5.41, 5.74) is 1.23. The number of nitrogens with zero attached hydrogens (tertiary/aromatic N) is 1. The fourth-order valence-electron chi connectivity index (χ4n) is 3.78. The summed E-state index contributed by atoms with van der Waals surface area (Å²) in [6.07, 6.45) is 3.21. The van der Waals surface area contributed by atoms with Gasteiger partial charge in [-0.15, -0.1) is 0 Å². The number of benzene rings is 1. The molecule has 8 heteroatoms. The molecule has 2 aromatic rings. The number of amides is 1. The number of halogens is 2. The molecule has 1 aromatic carbocycles. The number of nitrogens with one attached hydrogen (secondary N) is 1. The Balaban J connectivity index is 1.55. The van der Waals surface area contributed by atoms with Gasteiger partial charge in [0.2, 0.25) is 0 Å². The molecule has 0 radical (unpaired) electrons. The van der Waals surface area contributed by atoms with E-state index in [9.17, 15) is 9.59 Å². The van der Waals surface area contributed by atoms with E-state index in [4.69, 9.17) is 32.7 Å². The van der Waals surface area contributed by atoms with E-state index >= 15 is 0 Å². The molecule has 1 aromatic heterocycles. The molecule has 1 aliphatic carbocycles. The highest BCUT2D eigenvalue weighted by atomic mass is 35.5. The zero-order valence-corrected chi connectivity index (χ0v) is 18.8. The summed E-state index contributed by atoms with van der Waals surface area (Å²) in [6.45, 7) is 5.44. The van der Waals surface area contributed by atoms with Crippen LogP contribution in [0, 0.1) is 18.8 Å². The van der Waals surface area contributed by atoms with E-state index in [2.05, 4.69) is 24.1 Å². The molecule has 0 spiro atoms. The molecule has 3 atom stereocenters. The van der Waals surface area contributed by atoms with E-state index in [0.29, 0.717) is 27.8 Å². The van der Waals surface area contributed by atoms with Gasteiger partial charge >= 0.3 is 5.97 Å². The molecule has 0 aliphatic heterocycles. The molecule has 0 unspecified atom stereocenters. The Morgan fingerprint density at radius 2 is 1.93 bits per heavy atom. The highest BCUT2D eigenvalue weighted by molar-refractivity contribution is 6.39. The molecule has 0 bridgehead atoms. The molecule has 30 heavy (non-hydrogen) atoms. The van der Waals surface area contributed by atoms with Gasteiger partial charge in [0.15, 0.2) is 19.0 Å². The van der Waals surface area contributed by atoms with E-state index < -0.39 is 12.6 Å². The van der Waals surface area contributed by atoms with Crippen molar-refractivity contribution >= 4 is 46.0 Å². The molecule has 1 fully saturated rings. The van der Waals surface area contributed by atoms with Gasteiger partial charge in [-0.3, -0.25) is 4.79 Å². The van der Waals surface area contributed by atoms with Crippen molar-refractivity contribution in [2.75, 3.05) is 13.2 Å². The Morgan fingerprint density at radius 1 is 1.17 bits per heavy atom. The summed E-state index contributed by atoms with van der Waals surface area (Å²) in [4.78, 5) is 28.7. The molecular weight excluding hydrogens is 427 g/mol. The number of aromatic nitrogens is 1. The van der Waals surface area contributed by atoms with Crippen LogP contribution in [0.3, 0.4) is 0 Å². The molecule has 1 heterocycles. The largest absolute Gasteiger partial charge is 0.478 e.